The van der Waals surface area contributed by atoms with E-state index in [0.717, 1.165) is 50.0 Å². The summed E-state index contributed by atoms with van der Waals surface area (Å²) in [4.78, 5) is 8.75. The standard InChI is InChI=1S/C48H28N4.C38H24N2/c49-29-34-28-46(50-41-17-9-8-14-36(34)41)52-43-23-21-33(27-40(43)48-38-16-7-5-11-31(38)19-25-45(48)52)32-20-22-42-39(26-32)47-37-15-6-4-10-30(37)18-24-44(47)51(42)35-12-2-1-3-13-35;1-2-10-28(11-3-1)40-35-21-17-25-9-5-7-13-30(25)38(35)31-18-14-27(23-36(31)40)26-16-19-33-32(22-26)37-29-12-6-4-8-24(29)15-20-34(37)39-33/h1-28H;1-23,39H. The van der Waals surface area contributed by atoms with Gasteiger partial charge in [0.25, 0.3) is 0 Å². The maximum atomic E-state index is 10.2. The summed E-state index contributed by atoms with van der Waals surface area (Å²) in [5, 5.41) is 30.9. The Bertz CT molecular complexity index is 6510. The number of aromatic nitrogens is 5. The molecular formula is C86H52N6. The molecule has 0 spiro atoms. The monoisotopic (exact) mass is 1170 g/mol. The van der Waals surface area contributed by atoms with Crippen LogP contribution in [-0.4, -0.2) is 23.7 Å². The molecule has 20 rings (SSSR count). The van der Waals surface area contributed by atoms with Gasteiger partial charge in [-0.15, -0.1) is 0 Å². The molecule has 0 bridgehead atoms. The van der Waals surface area contributed by atoms with Gasteiger partial charge < -0.3 is 14.1 Å². The number of benzene rings is 15. The molecule has 5 heterocycles. The Morgan fingerprint density at radius 2 is 0.674 bits per heavy atom. The molecule has 0 amide bonds. The number of fused-ring (bicyclic) bond motifs is 21. The molecule has 92 heavy (non-hydrogen) atoms. The van der Waals surface area contributed by atoms with E-state index in [1.807, 2.05) is 30.3 Å². The first-order valence-corrected chi connectivity index (χ1v) is 31.3. The minimum atomic E-state index is 0.614. The molecule has 5 aromatic heterocycles. The van der Waals surface area contributed by atoms with Crippen LogP contribution in [0.5, 0.6) is 0 Å². The summed E-state index contributed by atoms with van der Waals surface area (Å²) in [5.41, 5.74) is 17.8. The number of rotatable bonds is 5. The number of hydrogen-bond acceptors (Lipinski definition) is 2. The summed E-state index contributed by atoms with van der Waals surface area (Å²) >= 11 is 0. The Labute approximate surface area is 527 Å². The summed E-state index contributed by atoms with van der Waals surface area (Å²) in [6.07, 6.45) is 0. The Balaban J connectivity index is 0.000000136. The van der Waals surface area contributed by atoms with Crippen molar-refractivity contribution in [1.29, 1.82) is 5.26 Å². The smallest absolute Gasteiger partial charge is 0.139 e. The van der Waals surface area contributed by atoms with Gasteiger partial charge >= 0.3 is 0 Å². The first-order chi connectivity index (χ1) is 45.6. The summed E-state index contributed by atoms with van der Waals surface area (Å²) in [5.74, 6) is 0.736. The number of pyridine rings is 1. The van der Waals surface area contributed by atoms with E-state index in [9.17, 15) is 5.26 Å². The predicted octanol–water partition coefficient (Wildman–Crippen LogP) is 22.7. The molecule has 0 fully saturated rings. The highest BCUT2D eigenvalue weighted by atomic mass is 15.1. The van der Waals surface area contributed by atoms with Crippen LogP contribution < -0.4 is 0 Å². The number of H-pyrrole nitrogens is 1. The molecule has 20 aromatic rings. The first-order valence-electron chi connectivity index (χ1n) is 31.3. The van der Waals surface area contributed by atoms with Gasteiger partial charge in [-0.05, 0) is 168 Å². The van der Waals surface area contributed by atoms with E-state index in [-0.39, 0.29) is 0 Å². The predicted molar refractivity (Wildman–Crippen MR) is 386 cm³/mol. The normalized spacial score (nSPS) is 11.9. The van der Waals surface area contributed by atoms with Crippen LogP contribution in [0.2, 0.25) is 0 Å². The Hall–Kier alpha value is -12.6. The average molecular weight is 1170 g/mol. The molecule has 0 radical (unpaired) electrons. The largest absolute Gasteiger partial charge is 0.354 e. The minimum absolute atomic E-state index is 0.614. The molecule has 15 aromatic carbocycles. The number of nitrogens with one attached hydrogen (secondary N) is 1. The second-order valence-electron chi connectivity index (χ2n) is 24.2. The van der Waals surface area contributed by atoms with Crippen molar-refractivity contribution >= 4 is 141 Å². The summed E-state index contributed by atoms with van der Waals surface area (Å²) in [6.45, 7) is 0. The lowest BCUT2D eigenvalue weighted by Crippen LogP contribution is -1.99. The third-order valence-corrected chi connectivity index (χ3v) is 19.2. The van der Waals surface area contributed by atoms with E-state index in [1.54, 1.807) is 0 Å². The van der Waals surface area contributed by atoms with E-state index in [0.29, 0.717) is 5.56 Å². The fourth-order valence-electron chi connectivity index (χ4n) is 15.1. The lowest BCUT2D eigenvalue weighted by atomic mass is 9.98. The molecule has 0 saturated carbocycles. The van der Waals surface area contributed by atoms with Crippen molar-refractivity contribution in [2.75, 3.05) is 0 Å². The van der Waals surface area contributed by atoms with Crippen molar-refractivity contribution in [3.05, 3.63) is 315 Å². The maximum Gasteiger partial charge on any atom is 0.139 e. The minimum Gasteiger partial charge on any atom is -0.354 e. The lowest BCUT2D eigenvalue weighted by Gasteiger charge is -2.10. The van der Waals surface area contributed by atoms with Crippen LogP contribution >= 0.6 is 0 Å². The Morgan fingerprint density at radius 1 is 0.272 bits per heavy atom. The highest BCUT2D eigenvalue weighted by molar-refractivity contribution is 6.26. The van der Waals surface area contributed by atoms with Gasteiger partial charge in [0.2, 0.25) is 0 Å². The number of nitrogens with zero attached hydrogens (tertiary/aromatic N) is 5. The fourth-order valence-corrected chi connectivity index (χ4v) is 15.1. The fraction of sp³-hybridized carbons (Fsp3) is 0. The summed E-state index contributed by atoms with van der Waals surface area (Å²) in [6, 6.07) is 113. The zero-order chi connectivity index (χ0) is 60.5. The Morgan fingerprint density at radius 3 is 1.24 bits per heavy atom. The van der Waals surface area contributed by atoms with Gasteiger partial charge in [0.1, 0.15) is 5.82 Å². The van der Waals surface area contributed by atoms with Gasteiger partial charge in [-0.2, -0.15) is 5.26 Å². The third-order valence-electron chi connectivity index (χ3n) is 19.2. The van der Waals surface area contributed by atoms with E-state index in [1.165, 1.54) is 131 Å². The highest BCUT2D eigenvalue weighted by Crippen LogP contribution is 2.44. The quantitative estimate of drug-likeness (QED) is 0.187. The molecule has 0 unspecified atom stereocenters. The van der Waals surface area contributed by atoms with E-state index in [4.69, 9.17) is 4.98 Å². The third kappa shape index (κ3) is 7.83. The molecule has 0 aliphatic rings. The van der Waals surface area contributed by atoms with Gasteiger partial charge in [0.05, 0.1) is 50.2 Å². The second kappa shape index (κ2) is 20.2. The Kier molecular flexibility index (Phi) is 11.3. The molecular weight excluding hydrogens is 1120 g/mol. The molecule has 426 valence electrons. The second-order valence-corrected chi connectivity index (χ2v) is 24.2. The van der Waals surface area contributed by atoms with Crippen molar-refractivity contribution in [2.45, 2.75) is 0 Å². The number of hydrogen-bond donors (Lipinski definition) is 1. The number of nitriles is 1. The van der Waals surface area contributed by atoms with Gasteiger partial charge in [0.15, 0.2) is 0 Å². The zero-order valence-electron chi connectivity index (χ0n) is 49.7. The highest BCUT2D eigenvalue weighted by Gasteiger charge is 2.22. The maximum absolute atomic E-state index is 10.2. The van der Waals surface area contributed by atoms with Gasteiger partial charge in [-0.3, -0.25) is 4.57 Å². The van der Waals surface area contributed by atoms with Crippen LogP contribution in [-0.2, 0) is 0 Å². The SMILES string of the molecule is N#Cc1cc(-n2c3ccc(-c4ccc5c(c4)c4c6ccccc6ccc4n5-c4ccccc4)cc3c3c4ccccc4ccc32)nc2ccccc12.c1ccc(-n2c3cc(-c4ccc5[nH]c6ccc7ccccc7c6c5c4)ccc3c3c4ccccc4ccc32)cc1. The molecule has 1 N–H and O–H groups in total. The number of para-hydroxylation sites is 3. The van der Waals surface area contributed by atoms with Crippen LogP contribution in [0.1, 0.15) is 5.56 Å². The van der Waals surface area contributed by atoms with Crippen molar-refractivity contribution in [1.82, 2.24) is 23.7 Å². The van der Waals surface area contributed by atoms with Crippen molar-refractivity contribution in [2.24, 2.45) is 0 Å². The van der Waals surface area contributed by atoms with Crippen molar-refractivity contribution in [3.63, 3.8) is 0 Å². The van der Waals surface area contributed by atoms with Crippen LogP contribution in [0.3, 0.4) is 0 Å². The molecule has 6 heteroatoms. The zero-order valence-corrected chi connectivity index (χ0v) is 49.7. The average Bonchev–Trinajstić information content (AvgIpc) is 1.59. The van der Waals surface area contributed by atoms with Gasteiger partial charge in [-0.25, -0.2) is 4.98 Å². The van der Waals surface area contributed by atoms with Crippen LogP contribution in [0.4, 0.5) is 0 Å². The molecule has 0 atom stereocenters. The summed E-state index contributed by atoms with van der Waals surface area (Å²) < 4.78 is 7.02. The first kappa shape index (κ1) is 51.5. The topological polar surface area (TPSA) is 67.3 Å². The number of aromatic amines is 1. The molecule has 0 aliphatic carbocycles. The van der Waals surface area contributed by atoms with Crippen LogP contribution in [0, 0.1) is 11.3 Å². The van der Waals surface area contributed by atoms with Gasteiger partial charge in [0, 0.05) is 70.9 Å². The van der Waals surface area contributed by atoms with Crippen LogP contribution in [0.15, 0.2) is 309 Å². The summed E-state index contributed by atoms with van der Waals surface area (Å²) in [7, 11) is 0. The van der Waals surface area contributed by atoms with E-state index < -0.39 is 0 Å². The molecule has 6 nitrogen and oxygen atoms in total. The molecule has 0 saturated heterocycles. The van der Waals surface area contributed by atoms with E-state index in [2.05, 4.69) is 304 Å². The molecule has 0 aliphatic heterocycles. The van der Waals surface area contributed by atoms with E-state index >= 15 is 0 Å². The van der Waals surface area contributed by atoms with Crippen LogP contribution in [0.25, 0.3) is 181 Å². The lowest BCUT2D eigenvalue weighted by molar-refractivity contribution is 1.10. The van der Waals surface area contributed by atoms with Gasteiger partial charge in [-0.1, -0.05) is 206 Å². The van der Waals surface area contributed by atoms with Crippen molar-refractivity contribution < 1.29 is 0 Å². The van der Waals surface area contributed by atoms with Crippen molar-refractivity contribution in [3.8, 4) is 45.5 Å².